The lowest BCUT2D eigenvalue weighted by Gasteiger charge is -2.15. The maximum atomic E-state index is 13.8. The molecule has 1 N–H and O–H groups in total. The molecular weight excluding hydrogens is 354 g/mol. The van der Waals surface area contributed by atoms with Crippen LogP contribution in [0.5, 0.6) is 0 Å². The highest BCUT2D eigenvalue weighted by atomic mass is 79.9. The van der Waals surface area contributed by atoms with Crippen molar-refractivity contribution in [2.45, 2.75) is 18.9 Å². The van der Waals surface area contributed by atoms with E-state index in [0.717, 1.165) is 10.5 Å². The van der Waals surface area contributed by atoms with E-state index in [1.165, 1.54) is 6.07 Å². The SMILES string of the molecule is Fc1cc(F)c2c(c1)C(Nc1ccn3ncc(Br)c3n1)CC2. The first-order valence-electron chi connectivity index (χ1n) is 6.86. The van der Waals surface area contributed by atoms with Gasteiger partial charge in [0.05, 0.1) is 16.7 Å². The predicted octanol–water partition coefficient (Wildman–Crippen LogP) is 3.87. The predicted molar refractivity (Wildman–Crippen MR) is 81.7 cm³/mol. The highest BCUT2D eigenvalue weighted by molar-refractivity contribution is 9.10. The van der Waals surface area contributed by atoms with Crippen LogP contribution in [-0.2, 0) is 6.42 Å². The Labute approximate surface area is 133 Å². The second-order valence-electron chi connectivity index (χ2n) is 5.26. The van der Waals surface area contributed by atoms with Gasteiger partial charge in [-0.3, -0.25) is 0 Å². The Morgan fingerprint density at radius 1 is 1.32 bits per heavy atom. The van der Waals surface area contributed by atoms with Crippen LogP contribution in [0.1, 0.15) is 23.6 Å². The molecule has 1 unspecified atom stereocenters. The van der Waals surface area contributed by atoms with Crippen molar-refractivity contribution in [2.24, 2.45) is 0 Å². The van der Waals surface area contributed by atoms with Crippen molar-refractivity contribution in [1.29, 1.82) is 0 Å². The third-order valence-electron chi connectivity index (χ3n) is 3.90. The number of nitrogens with one attached hydrogen (secondary N) is 1. The summed E-state index contributed by atoms with van der Waals surface area (Å²) in [6, 6.07) is 3.99. The quantitative estimate of drug-likeness (QED) is 0.750. The average Bonchev–Trinajstić information content (AvgIpc) is 3.04. The van der Waals surface area contributed by atoms with E-state index in [1.807, 2.05) is 0 Å². The van der Waals surface area contributed by atoms with Crippen molar-refractivity contribution in [2.75, 3.05) is 5.32 Å². The summed E-state index contributed by atoms with van der Waals surface area (Å²) in [6.45, 7) is 0. The van der Waals surface area contributed by atoms with Crippen LogP contribution in [-0.4, -0.2) is 14.6 Å². The fourth-order valence-corrected chi connectivity index (χ4v) is 3.25. The lowest BCUT2D eigenvalue weighted by Crippen LogP contribution is -2.09. The number of anilines is 1. The molecule has 1 aromatic carbocycles. The Bertz CT molecular complexity index is 877. The zero-order chi connectivity index (χ0) is 15.3. The summed E-state index contributed by atoms with van der Waals surface area (Å²) < 4.78 is 29.7. The van der Waals surface area contributed by atoms with Gasteiger partial charge in [0.25, 0.3) is 0 Å². The summed E-state index contributed by atoms with van der Waals surface area (Å²) >= 11 is 3.39. The minimum absolute atomic E-state index is 0.142. The Hall–Kier alpha value is -2.02. The zero-order valence-corrected chi connectivity index (χ0v) is 12.9. The largest absolute Gasteiger partial charge is 0.363 e. The van der Waals surface area contributed by atoms with Crippen molar-refractivity contribution >= 4 is 27.4 Å². The summed E-state index contributed by atoms with van der Waals surface area (Å²) in [6.07, 6.45) is 4.76. The van der Waals surface area contributed by atoms with Crippen LogP contribution in [0.15, 0.2) is 35.1 Å². The topological polar surface area (TPSA) is 42.2 Å². The van der Waals surface area contributed by atoms with Crippen molar-refractivity contribution in [3.8, 4) is 0 Å². The van der Waals surface area contributed by atoms with E-state index >= 15 is 0 Å². The Balaban J connectivity index is 1.68. The molecule has 4 rings (SSSR count). The molecule has 3 aromatic rings. The van der Waals surface area contributed by atoms with Gasteiger partial charge in [0.2, 0.25) is 0 Å². The Kier molecular flexibility index (Phi) is 3.11. The van der Waals surface area contributed by atoms with Gasteiger partial charge < -0.3 is 5.32 Å². The summed E-state index contributed by atoms with van der Waals surface area (Å²) in [5.74, 6) is -0.371. The molecular formula is C15H11BrF2N4. The molecule has 7 heteroatoms. The van der Waals surface area contributed by atoms with Gasteiger partial charge >= 0.3 is 0 Å². The summed E-state index contributed by atoms with van der Waals surface area (Å²) in [5.41, 5.74) is 1.95. The number of nitrogens with zero attached hydrogens (tertiary/aromatic N) is 3. The molecule has 1 aliphatic carbocycles. The third-order valence-corrected chi connectivity index (χ3v) is 4.46. The van der Waals surface area contributed by atoms with Gasteiger partial charge in [0, 0.05) is 12.3 Å². The molecule has 2 aromatic heterocycles. The molecule has 2 heterocycles. The highest BCUT2D eigenvalue weighted by Gasteiger charge is 2.26. The Morgan fingerprint density at radius 2 is 2.18 bits per heavy atom. The molecule has 1 atom stereocenters. The van der Waals surface area contributed by atoms with Gasteiger partial charge in [-0.05, 0) is 52.0 Å². The van der Waals surface area contributed by atoms with E-state index in [-0.39, 0.29) is 6.04 Å². The molecule has 0 bridgehead atoms. The molecule has 0 amide bonds. The fourth-order valence-electron chi connectivity index (χ4n) is 2.89. The van der Waals surface area contributed by atoms with Crippen LogP contribution in [0.4, 0.5) is 14.6 Å². The van der Waals surface area contributed by atoms with Crippen LogP contribution in [0.2, 0.25) is 0 Å². The van der Waals surface area contributed by atoms with Crippen LogP contribution in [0.25, 0.3) is 5.65 Å². The fraction of sp³-hybridized carbons (Fsp3) is 0.200. The maximum Gasteiger partial charge on any atom is 0.171 e. The van der Waals surface area contributed by atoms with Crippen LogP contribution in [0.3, 0.4) is 0 Å². The van der Waals surface area contributed by atoms with Gasteiger partial charge in [0.1, 0.15) is 17.5 Å². The maximum absolute atomic E-state index is 13.8. The molecule has 0 fully saturated rings. The number of halogens is 3. The zero-order valence-electron chi connectivity index (χ0n) is 11.4. The second-order valence-corrected chi connectivity index (χ2v) is 6.12. The lowest BCUT2D eigenvalue weighted by molar-refractivity contribution is 0.574. The number of aromatic nitrogens is 3. The highest BCUT2D eigenvalue weighted by Crippen LogP contribution is 2.35. The summed E-state index contributed by atoms with van der Waals surface area (Å²) in [7, 11) is 0. The van der Waals surface area contributed by atoms with Crippen LogP contribution < -0.4 is 5.32 Å². The molecule has 112 valence electrons. The first-order valence-corrected chi connectivity index (χ1v) is 7.65. The van der Waals surface area contributed by atoms with Crippen molar-refractivity contribution in [3.63, 3.8) is 0 Å². The smallest absolute Gasteiger partial charge is 0.171 e. The standard InChI is InChI=1S/C15H11BrF2N4/c16-11-7-19-22-4-3-14(21-15(11)22)20-13-2-1-9-10(13)5-8(17)6-12(9)18/h3-7,13H,1-2H2,(H,20,21). The van der Waals surface area contributed by atoms with Crippen LogP contribution in [0, 0.1) is 11.6 Å². The van der Waals surface area contributed by atoms with Crippen LogP contribution >= 0.6 is 15.9 Å². The molecule has 1 aliphatic rings. The molecule has 0 saturated heterocycles. The number of benzene rings is 1. The number of hydrogen-bond donors (Lipinski definition) is 1. The normalized spacial score (nSPS) is 17.0. The van der Waals surface area contributed by atoms with E-state index in [4.69, 9.17) is 0 Å². The molecule has 0 aliphatic heterocycles. The minimum Gasteiger partial charge on any atom is -0.363 e. The number of rotatable bonds is 2. The average molecular weight is 365 g/mol. The van der Waals surface area contributed by atoms with Gasteiger partial charge in [-0.25, -0.2) is 18.3 Å². The Morgan fingerprint density at radius 3 is 3.05 bits per heavy atom. The van der Waals surface area contributed by atoms with E-state index in [0.29, 0.717) is 35.4 Å². The van der Waals surface area contributed by atoms with E-state index in [1.54, 1.807) is 23.0 Å². The van der Waals surface area contributed by atoms with E-state index < -0.39 is 11.6 Å². The molecule has 0 spiro atoms. The van der Waals surface area contributed by atoms with E-state index in [2.05, 4.69) is 31.3 Å². The molecule has 0 radical (unpaired) electrons. The van der Waals surface area contributed by atoms with Gasteiger partial charge in [-0.15, -0.1) is 0 Å². The van der Waals surface area contributed by atoms with Gasteiger partial charge in [0.15, 0.2) is 5.65 Å². The summed E-state index contributed by atoms with van der Waals surface area (Å²) in [5, 5.41) is 7.38. The third kappa shape index (κ3) is 2.16. The number of fused-ring (bicyclic) bond motifs is 2. The molecule has 0 saturated carbocycles. The lowest BCUT2D eigenvalue weighted by atomic mass is 10.1. The molecule has 22 heavy (non-hydrogen) atoms. The van der Waals surface area contributed by atoms with E-state index in [9.17, 15) is 8.78 Å². The van der Waals surface area contributed by atoms with Gasteiger partial charge in [-0.1, -0.05) is 0 Å². The monoisotopic (exact) mass is 364 g/mol. The first kappa shape index (κ1) is 13.6. The number of hydrogen-bond acceptors (Lipinski definition) is 3. The van der Waals surface area contributed by atoms with Gasteiger partial charge in [-0.2, -0.15) is 5.10 Å². The second kappa shape index (κ2) is 5.01. The van der Waals surface area contributed by atoms with Crippen molar-refractivity contribution in [3.05, 3.63) is 57.8 Å². The van der Waals surface area contributed by atoms with Crippen molar-refractivity contribution < 1.29 is 8.78 Å². The molecule has 4 nitrogen and oxygen atoms in total. The minimum atomic E-state index is -0.549. The first-order chi connectivity index (χ1) is 10.6. The summed E-state index contributed by atoms with van der Waals surface area (Å²) in [4.78, 5) is 4.47. The van der Waals surface area contributed by atoms with Crippen molar-refractivity contribution in [1.82, 2.24) is 14.6 Å².